The molecule has 1 unspecified atom stereocenters. The third-order valence-electron chi connectivity index (χ3n) is 3.97. The first-order valence-electron chi connectivity index (χ1n) is 8.05. The fraction of sp³-hybridized carbons (Fsp3) is 0.643. The zero-order valence-electron chi connectivity index (χ0n) is 14.6. The molecule has 1 saturated heterocycles. The maximum absolute atomic E-state index is 12.5. The molecule has 1 aliphatic rings. The summed E-state index contributed by atoms with van der Waals surface area (Å²) in [5, 5.41) is 17.7. The summed E-state index contributed by atoms with van der Waals surface area (Å²) in [4.78, 5) is 20.3. The van der Waals surface area contributed by atoms with Gasteiger partial charge in [-0.05, 0) is 19.6 Å². The summed E-state index contributed by atoms with van der Waals surface area (Å²) in [7, 11) is -1.90. The summed E-state index contributed by atoms with van der Waals surface area (Å²) in [6.07, 6.45) is 2.66. The van der Waals surface area contributed by atoms with Crippen LogP contribution in [0.5, 0.6) is 0 Å². The SMILES string of the molecule is C[C@@H]1C(O[Si](C)(C)C)[C@H](n2ncc(-n3cncn3)nc2=O)O[C@@H]1CO. The van der Waals surface area contributed by atoms with Crippen molar-refractivity contribution in [2.45, 2.75) is 45.0 Å². The van der Waals surface area contributed by atoms with Crippen LogP contribution in [0.25, 0.3) is 5.82 Å². The van der Waals surface area contributed by atoms with Crippen molar-refractivity contribution in [2.75, 3.05) is 6.61 Å². The summed E-state index contributed by atoms with van der Waals surface area (Å²) < 4.78 is 14.6. The van der Waals surface area contributed by atoms with Gasteiger partial charge >= 0.3 is 5.69 Å². The molecule has 1 fully saturated rings. The average Bonchev–Trinajstić information content (AvgIpc) is 3.16. The molecule has 0 amide bonds. The van der Waals surface area contributed by atoms with Crippen LogP contribution in [0.3, 0.4) is 0 Å². The average molecular weight is 366 g/mol. The molecule has 3 rings (SSSR count). The summed E-state index contributed by atoms with van der Waals surface area (Å²) in [6, 6.07) is 0. The minimum Gasteiger partial charge on any atom is -0.410 e. The van der Waals surface area contributed by atoms with Gasteiger partial charge in [0.25, 0.3) is 0 Å². The molecule has 136 valence electrons. The monoisotopic (exact) mass is 366 g/mol. The lowest BCUT2D eigenvalue weighted by molar-refractivity contribution is -0.0573. The quantitative estimate of drug-likeness (QED) is 0.733. The van der Waals surface area contributed by atoms with Gasteiger partial charge in [-0.15, -0.1) is 0 Å². The van der Waals surface area contributed by atoms with Crippen LogP contribution in [0, 0.1) is 5.92 Å². The molecule has 2 aromatic rings. The summed E-state index contributed by atoms with van der Waals surface area (Å²) in [6.45, 7) is 7.97. The number of nitrogens with zero attached hydrogens (tertiary/aromatic N) is 6. The molecule has 4 atom stereocenters. The van der Waals surface area contributed by atoms with E-state index in [2.05, 4.69) is 39.8 Å². The fourth-order valence-electron chi connectivity index (χ4n) is 2.78. The van der Waals surface area contributed by atoms with Gasteiger partial charge in [0.2, 0.25) is 0 Å². The first kappa shape index (κ1) is 17.9. The summed E-state index contributed by atoms with van der Waals surface area (Å²) in [5.41, 5.74) is -0.576. The highest BCUT2D eigenvalue weighted by Crippen LogP contribution is 2.36. The number of rotatable bonds is 5. The van der Waals surface area contributed by atoms with Crippen molar-refractivity contribution in [3.8, 4) is 5.82 Å². The van der Waals surface area contributed by atoms with Crippen molar-refractivity contribution in [3.05, 3.63) is 29.3 Å². The van der Waals surface area contributed by atoms with Gasteiger partial charge in [0.05, 0.1) is 25.0 Å². The van der Waals surface area contributed by atoms with Gasteiger partial charge in [0, 0.05) is 5.92 Å². The maximum atomic E-state index is 12.5. The lowest BCUT2D eigenvalue weighted by atomic mass is 10.0. The number of hydrogen-bond donors (Lipinski definition) is 1. The Morgan fingerprint density at radius 1 is 1.36 bits per heavy atom. The first-order chi connectivity index (χ1) is 11.8. The molecule has 0 spiro atoms. The van der Waals surface area contributed by atoms with Gasteiger partial charge in [0.1, 0.15) is 12.7 Å². The number of hydrogen-bond acceptors (Lipinski definition) is 8. The largest absolute Gasteiger partial charge is 0.410 e. The highest BCUT2D eigenvalue weighted by molar-refractivity contribution is 6.69. The molecule has 11 heteroatoms. The topological polar surface area (TPSA) is 117 Å². The van der Waals surface area contributed by atoms with Gasteiger partial charge in [-0.3, -0.25) is 0 Å². The highest BCUT2D eigenvalue weighted by atomic mass is 28.4. The van der Waals surface area contributed by atoms with Crippen molar-refractivity contribution in [3.63, 3.8) is 0 Å². The van der Waals surface area contributed by atoms with E-state index in [-0.39, 0.29) is 24.4 Å². The Labute approximate surface area is 145 Å². The van der Waals surface area contributed by atoms with Crippen LogP contribution >= 0.6 is 0 Å². The third kappa shape index (κ3) is 3.68. The Hall–Kier alpha value is -1.95. The van der Waals surface area contributed by atoms with Crippen LogP contribution in [-0.2, 0) is 9.16 Å². The second kappa shape index (κ2) is 6.75. The molecule has 1 aliphatic heterocycles. The Bertz CT molecular complexity index is 774. The smallest absolute Gasteiger partial charge is 0.368 e. The number of aromatic nitrogens is 6. The van der Waals surface area contributed by atoms with Gasteiger partial charge < -0.3 is 14.3 Å². The zero-order chi connectivity index (χ0) is 18.2. The zero-order valence-corrected chi connectivity index (χ0v) is 15.6. The molecule has 1 N–H and O–H groups in total. The number of aliphatic hydroxyl groups is 1. The van der Waals surface area contributed by atoms with Crippen molar-refractivity contribution in [2.24, 2.45) is 5.92 Å². The van der Waals surface area contributed by atoms with E-state index in [0.717, 1.165) is 4.68 Å². The lowest BCUT2D eigenvalue weighted by Crippen LogP contribution is -2.42. The maximum Gasteiger partial charge on any atom is 0.368 e. The van der Waals surface area contributed by atoms with Crippen molar-refractivity contribution < 1.29 is 14.3 Å². The van der Waals surface area contributed by atoms with Crippen molar-refractivity contribution in [1.82, 2.24) is 29.5 Å². The van der Waals surface area contributed by atoms with E-state index >= 15 is 0 Å². The van der Waals surface area contributed by atoms with Gasteiger partial charge in [0.15, 0.2) is 20.4 Å². The van der Waals surface area contributed by atoms with E-state index in [0.29, 0.717) is 0 Å². The Balaban J connectivity index is 1.94. The third-order valence-corrected chi connectivity index (χ3v) is 4.95. The molecule has 10 nitrogen and oxygen atoms in total. The van der Waals surface area contributed by atoms with E-state index in [1.165, 1.54) is 23.5 Å². The Morgan fingerprint density at radius 3 is 2.68 bits per heavy atom. The van der Waals surface area contributed by atoms with Crippen LogP contribution in [0.4, 0.5) is 0 Å². The number of ether oxygens (including phenoxy) is 1. The van der Waals surface area contributed by atoms with E-state index in [4.69, 9.17) is 9.16 Å². The van der Waals surface area contributed by atoms with Gasteiger partial charge in [-0.1, -0.05) is 6.92 Å². The van der Waals surface area contributed by atoms with Crippen LogP contribution in [0.2, 0.25) is 19.6 Å². The lowest BCUT2D eigenvalue weighted by Gasteiger charge is -2.29. The summed E-state index contributed by atoms with van der Waals surface area (Å²) in [5.74, 6) is 0.191. The predicted octanol–water partition coefficient (Wildman–Crippen LogP) is -0.0351. The summed E-state index contributed by atoms with van der Waals surface area (Å²) >= 11 is 0. The van der Waals surface area contributed by atoms with Gasteiger partial charge in [-0.2, -0.15) is 19.9 Å². The van der Waals surface area contributed by atoms with Crippen LogP contribution in [0.15, 0.2) is 23.6 Å². The van der Waals surface area contributed by atoms with E-state index in [1.54, 1.807) is 0 Å². The van der Waals surface area contributed by atoms with E-state index < -0.39 is 26.3 Å². The van der Waals surface area contributed by atoms with Crippen LogP contribution in [-0.4, -0.2) is 61.8 Å². The molecule has 0 aromatic carbocycles. The second-order valence-electron chi connectivity index (χ2n) is 6.98. The first-order valence-corrected chi connectivity index (χ1v) is 11.5. The van der Waals surface area contributed by atoms with Crippen LogP contribution < -0.4 is 5.69 Å². The van der Waals surface area contributed by atoms with Gasteiger partial charge in [-0.25, -0.2) is 14.5 Å². The highest BCUT2D eigenvalue weighted by Gasteiger charge is 2.46. The molecule has 0 bridgehead atoms. The number of aliphatic hydroxyl groups excluding tert-OH is 1. The normalized spacial score (nSPS) is 26.9. The molecule has 2 aromatic heterocycles. The Morgan fingerprint density at radius 2 is 2.12 bits per heavy atom. The van der Waals surface area contributed by atoms with E-state index in [9.17, 15) is 9.90 Å². The molecule has 3 heterocycles. The Kier molecular flexibility index (Phi) is 4.82. The molecular formula is C14H22N6O4Si. The predicted molar refractivity (Wildman–Crippen MR) is 89.6 cm³/mol. The standard InChI is InChI=1S/C14H22N6O4Si/c1-9-10(6-21)23-13(12(9)24-25(2,3)4)20-14(22)18-11(5-16-20)19-8-15-7-17-19/h5,7-10,12-13,21H,6H2,1-4H3/t9-,10+,12?,13+/m0/s1. The molecule has 0 aliphatic carbocycles. The van der Waals surface area contributed by atoms with Crippen molar-refractivity contribution in [1.29, 1.82) is 0 Å². The molecule has 0 radical (unpaired) electrons. The minimum atomic E-state index is -1.90. The molecular weight excluding hydrogens is 344 g/mol. The second-order valence-corrected chi connectivity index (χ2v) is 11.4. The minimum absolute atomic E-state index is 0.0783. The van der Waals surface area contributed by atoms with Crippen molar-refractivity contribution >= 4 is 8.32 Å². The fourth-order valence-corrected chi connectivity index (χ4v) is 3.93. The van der Waals surface area contributed by atoms with Crippen LogP contribution in [0.1, 0.15) is 13.2 Å². The molecule has 0 saturated carbocycles. The molecule has 25 heavy (non-hydrogen) atoms. The van der Waals surface area contributed by atoms with E-state index in [1.807, 2.05) is 6.92 Å².